The van der Waals surface area contributed by atoms with Crippen molar-refractivity contribution in [2.24, 2.45) is 0 Å². The fourth-order valence-corrected chi connectivity index (χ4v) is 8.95. The van der Waals surface area contributed by atoms with Crippen molar-refractivity contribution in [2.45, 2.75) is 19.3 Å². The molecule has 4 heteroatoms. The van der Waals surface area contributed by atoms with Crippen LogP contribution in [0.15, 0.2) is 194 Å². The third kappa shape index (κ3) is 4.96. The normalized spacial score (nSPS) is 13.0. The average molecular weight is 719 g/mol. The minimum Gasteiger partial charge on any atom is -0.310 e. The molecule has 11 rings (SSSR count). The first kappa shape index (κ1) is 32.3. The van der Waals surface area contributed by atoms with E-state index in [4.69, 9.17) is 4.98 Å². The summed E-state index contributed by atoms with van der Waals surface area (Å²) in [5, 5.41) is 0. The van der Waals surface area contributed by atoms with Gasteiger partial charge in [-0.1, -0.05) is 129 Å². The summed E-state index contributed by atoms with van der Waals surface area (Å²) in [5.41, 5.74) is 18.8. The number of benzene rings is 8. The minimum atomic E-state index is -0.130. The number of nitrogens with zero attached hydrogens (tertiary/aromatic N) is 4. The SMILES string of the molecule is CC1(C)c2ccc(-c3ccc4c(c3)n3c5ccccc5nc3n4-c3ccccc3)cc2-c2cc(N(c3ccccc3)c3ccc(-c4ccccc4)cc3)ccc21. The monoisotopic (exact) mass is 718 g/mol. The van der Waals surface area contributed by atoms with Gasteiger partial charge in [0.15, 0.2) is 0 Å². The Bertz CT molecular complexity index is 3080. The standard InChI is InChI=1S/C52H38N4/c1-52(2)45-29-24-37(38-25-31-49-50(33-38)56-48-21-13-12-20-47(48)53-51(56)55(49)40-18-10-5-11-19-40)32-43(45)44-34-42(28-30-46(44)52)54(39-16-8-4-9-17-39)41-26-22-36(23-27-41)35-14-6-3-7-15-35/h3-34H,1-2H3. The van der Waals surface area contributed by atoms with Gasteiger partial charge in [0.1, 0.15) is 0 Å². The second kappa shape index (κ2) is 12.4. The third-order valence-electron chi connectivity index (χ3n) is 11.7. The first-order valence-corrected chi connectivity index (χ1v) is 19.3. The highest BCUT2D eigenvalue weighted by molar-refractivity contribution is 5.95. The van der Waals surface area contributed by atoms with Crippen molar-refractivity contribution in [1.82, 2.24) is 14.0 Å². The van der Waals surface area contributed by atoms with E-state index in [0.717, 1.165) is 50.6 Å². The van der Waals surface area contributed by atoms with Gasteiger partial charge in [-0.05, 0) is 123 Å². The van der Waals surface area contributed by atoms with Crippen molar-refractivity contribution in [2.75, 3.05) is 4.90 Å². The molecule has 0 spiro atoms. The minimum absolute atomic E-state index is 0.130. The molecule has 0 saturated heterocycles. The van der Waals surface area contributed by atoms with Crippen molar-refractivity contribution < 1.29 is 0 Å². The van der Waals surface area contributed by atoms with Crippen LogP contribution in [0.5, 0.6) is 0 Å². The van der Waals surface area contributed by atoms with Gasteiger partial charge in [0.2, 0.25) is 5.78 Å². The Balaban J connectivity index is 1.05. The summed E-state index contributed by atoms with van der Waals surface area (Å²) in [6.07, 6.45) is 0. The van der Waals surface area contributed by atoms with Gasteiger partial charge in [0.05, 0.1) is 22.1 Å². The fourth-order valence-electron chi connectivity index (χ4n) is 8.95. The van der Waals surface area contributed by atoms with Crippen molar-refractivity contribution in [3.63, 3.8) is 0 Å². The summed E-state index contributed by atoms with van der Waals surface area (Å²) in [6.45, 7) is 4.71. The molecule has 8 aromatic carbocycles. The van der Waals surface area contributed by atoms with Crippen molar-refractivity contribution in [3.05, 3.63) is 205 Å². The molecule has 0 saturated carbocycles. The number of imidazole rings is 2. The molecule has 0 radical (unpaired) electrons. The Morgan fingerprint density at radius 1 is 0.429 bits per heavy atom. The fraction of sp³-hybridized carbons (Fsp3) is 0.0577. The molecule has 1 aliphatic rings. The quantitative estimate of drug-likeness (QED) is 0.171. The molecule has 2 aromatic heterocycles. The zero-order valence-electron chi connectivity index (χ0n) is 31.3. The van der Waals surface area contributed by atoms with E-state index in [2.05, 4.69) is 222 Å². The number of rotatable bonds is 6. The lowest BCUT2D eigenvalue weighted by atomic mass is 9.82. The van der Waals surface area contributed by atoms with E-state index >= 15 is 0 Å². The smallest absolute Gasteiger partial charge is 0.220 e. The van der Waals surface area contributed by atoms with Gasteiger partial charge < -0.3 is 4.90 Å². The highest BCUT2D eigenvalue weighted by Crippen LogP contribution is 2.52. The lowest BCUT2D eigenvalue weighted by molar-refractivity contribution is 0.660. The van der Waals surface area contributed by atoms with Gasteiger partial charge in [-0.3, -0.25) is 8.97 Å². The lowest BCUT2D eigenvalue weighted by Crippen LogP contribution is -2.15. The average Bonchev–Trinajstić information content (AvgIpc) is 3.86. The van der Waals surface area contributed by atoms with Gasteiger partial charge in [-0.2, -0.15) is 0 Å². The summed E-state index contributed by atoms with van der Waals surface area (Å²) in [6, 6.07) is 70.1. The Morgan fingerprint density at radius 2 is 0.982 bits per heavy atom. The molecule has 10 aromatic rings. The molecule has 0 bridgehead atoms. The van der Waals surface area contributed by atoms with Crippen molar-refractivity contribution in [3.8, 4) is 39.1 Å². The third-order valence-corrected chi connectivity index (χ3v) is 11.7. The zero-order chi connectivity index (χ0) is 37.4. The van der Waals surface area contributed by atoms with Crippen LogP contribution in [0.25, 0.3) is 66.9 Å². The summed E-state index contributed by atoms with van der Waals surface area (Å²) in [4.78, 5) is 7.50. The van der Waals surface area contributed by atoms with Gasteiger partial charge in [0, 0.05) is 28.2 Å². The van der Waals surface area contributed by atoms with E-state index in [1.165, 1.54) is 44.5 Å². The highest BCUT2D eigenvalue weighted by Gasteiger charge is 2.36. The molecule has 0 amide bonds. The molecule has 0 atom stereocenters. The van der Waals surface area contributed by atoms with E-state index in [9.17, 15) is 0 Å². The summed E-state index contributed by atoms with van der Waals surface area (Å²) in [5.74, 6) is 0.916. The first-order chi connectivity index (χ1) is 27.5. The van der Waals surface area contributed by atoms with Crippen LogP contribution in [0.3, 0.4) is 0 Å². The molecule has 4 nitrogen and oxygen atoms in total. The van der Waals surface area contributed by atoms with E-state index < -0.39 is 0 Å². The predicted molar refractivity (Wildman–Crippen MR) is 233 cm³/mol. The number of anilines is 3. The van der Waals surface area contributed by atoms with E-state index in [1.807, 2.05) is 0 Å². The largest absolute Gasteiger partial charge is 0.310 e. The maximum atomic E-state index is 5.13. The van der Waals surface area contributed by atoms with E-state index in [-0.39, 0.29) is 5.41 Å². The Morgan fingerprint density at radius 3 is 1.75 bits per heavy atom. The van der Waals surface area contributed by atoms with Crippen LogP contribution < -0.4 is 4.90 Å². The van der Waals surface area contributed by atoms with E-state index in [0.29, 0.717) is 0 Å². The maximum absolute atomic E-state index is 5.13. The van der Waals surface area contributed by atoms with Crippen LogP contribution >= 0.6 is 0 Å². The molecule has 266 valence electrons. The molecule has 1 aliphatic carbocycles. The van der Waals surface area contributed by atoms with E-state index in [1.54, 1.807) is 0 Å². The number of para-hydroxylation sites is 4. The number of hydrogen-bond donors (Lipinski definition) is 0. The second-order valence-corrected chi connectivity index (χ2v) is 15.3. The lowest BCUT2D eigenvalue weighted by Gasteiger charge is -2.27. The first-order valence-electron chi connectivity index (χ1n) is 19.3. The topological polar surface area (TPSA) is 25.5 Å². The van der Waals surface area contributed by atoms with Crippen LogP contribution in [-0.4, -0.2) is 14.0 Å². The highest BCUT2D eigenvalue weighted by atomic mass is 15.2. The summed E-state index contributed by atoms with van der Waals surface area (Å²) >= 11 is 0. The molecule has 2 heterocycles. The number of hydrogen-bond acceptors (Lipinski definition) is 2. The maximum Gasteiger partial charge on any atom is 0.220 e. The van der Waals surface area contributed by atoms with Crippen LogP contribution in [0.1, 0.15) is 25.0 Å². The Labute approximate surface area is 326 Å². The molecule has 56 heavy (non-hydrogen) atoms. The Kier molecular flexibility index (Phi) is 7.17. The molecule has 0 fully saturated rings. The number of fused-ring (bicyclic) bond motifs is 8. The van der Waals surface area contributed by atoms with Crippen LogP contribution in [0, 0.1) is 0 Å². The summed E-state index contributed by atoms with van der Waals surface area (Å²) in [7, 11) is 0. The summed E-state index contributed by atoms with van der Waals surface area (Å²) < 4.78 is 4.58. The molecular weight excluding hydrogens is 681 g/mol. The van der Waals surface area contributed by atoms with Crippen molar-refractivity contribution in [1.29, 1.82) is 0 Å². The van der Waals surface area contributed by atoms with Gasteiger partial charge in [0.25, 0.3) is 0 Å². The predicted octanol–water partition coefficient (Wildman–Crippen LogP) is 13.5. The molecule has 0 N–H and O–H groups in total. The van der Waals surface area contributed by atoms with Crippen LogP contribution in [-0.2, 0) is 5.41 Å². The van der Waals surface area contributed by atoms with Crippen LogP contribution in [0.4, 0.5) is 17.1 Å². The van der Waals surface area contributed by atoms with Gasteiger partial charge in [-0.15, -0.1) is 0 Å². The van der Waals surface area contributed by atoms with Gasteiger partial charge >= 0.3 is 0 Å². The Hall–Kier alpha value is -7.17. The second-order valence-electron chi connectivity index (χ2n) is 15.3. The molecular formula is C52H38N4. The number of aromatic nitrogens is 3. The van der Waals surface area contributed by atoms with Crippen LogP contribution in [0.2, 0.25) is 0 Å². The zero-order valence-corrected chi connectivity index (χ0v) is 31.3. The molecule has 0 aliphatic heterocycles. The van der Waals surface area contributed by atoms with Crippen molar-refractivity contribution >= 4 is 44.9 Å². The van der Waals surface area contributed by atoms with Gasteiger partial charge in [-0.25, -0.2) is 4.98 Å². The molecule has 0 unspecified atom stereocenters.